The highest BCUT2D eigenvalue weighted by Crippen LogP contribution is 2.15. The van der Waals surface area contributed by atoms with E-state index in [-0.39, 0.29) is 11.8 Å². The molecule has 1 heterocycles. The van der Waals surface area contributed by atoms with Gasteiger partial charge in [-0.15, -0.1) is 0 Å². The number of carbonyl (C=O) groups excluding carboxylic acids is 1. The average molecular weight is 235 g/mol. The van der Waals surface area contributed by atoms with Crippen LogP contribution in [0.2, 0.25) is 0 Å². The van der Waals surface area contributed by atoms with Crippen molar-refractivity contribution in [2.45, 2.75) is 27.2 Å². The molecule has 4 nitrogen and oxygen atoms in total. The van der Waals surface area contributed by atoms with E-state index in [2.05, 4.69) is 24.1 Å². The Labute approximate surface area is 103 Å². The first-order valence-corrected chi connectivity index (χ1v) is 5.97. The molecule has 1 aromatic rings. The number of nitrogens with one attached hydrogen (secondary N) is 1. The molecule has 4 heteroatoms. The molecule has 1 rings (SSSR count). The fourth-order valence-corrected chi connectivity index (χ4v) is 1.73. The summed E-state index contributed by atoms with van der Waals surface area (Å²) in [7, 11) is 0. The monoisotopic (exact) mass is 235 g/mol. The first kappa shape index (κ1) is 13.6. The minimum atomic E-state index is -0.130. The molecule has 0 aliphatic rings. The molecule has 0 radical (unpaired) electrons. The normalized spacial score (nSPS) is 12.5. The van der Waals surface area contributed by atoms with Gasteiger partial charge in [-0.2, -0.15) is 0 Å². The maximum atomic E-state index is 12.0. The molecule has 0 spiro atoms. The van der Waals surface area contributed by atoms with E-state index in [4.69, 9.17) is 5.73 Å². The molecule has 3 N–H and O–H groups in total. The minimum Gasteiger partial charge on any atom is -0.330 e. The van der Waals surface area contributed by atoms with Gasteiger partial charge in [0.1, 0.15) is 0 Å². The van der Waals surface area contributed by atoms with Gasteiger partial charge in [0.25, 0.3) is 0 Å². The maximum Gasteiger partial charge on any atom is 0.228 e. The van der Waals surface area contributed by atoms with Gasteiger partial charge in [0.15, 0.2) is 0 Å². The number of amides is 1. The molecule has 94 valence electrons. The number of hydrogen-bond acceptors (Lipinski definition) is 3. The number of nitrogens with two attached hydrogens (primary N) is 1. The summed E-state index contributed by atoms with van der Waals surface area (Å²) in [5.74, 6) is 0.316. The van der Waals surface area contributed by atoms with Crippen molar-refractivity contribution in [2.24, 2.45) is 17.6 Å². The third-order valence-electron chi connectivity index (χ3n) is 2.68. The first-order chi connectivity index (χ1) is 8.04. The molecule has 0 saturated carbocycles. The van der Waals surface area contributed by atoms with Crippen LogP contribution < -0.4 is 11.1 Å². The Hall–Kier alpha value is -1.42. The van der Waals surface area contributed by atoms with Crippen LogP contribution in [0.3, 0.4) is 0 Å². The number of carbonyl (C=O) groups is 1. The van der Waals surface area contributed by atoms with Crippen LogP contribution in [-0.2, 0) is 4.79 Å². The Kier molecular flexibility index (Phi) is 5.10. The molecule has 1 amide bonds. The molecule has 0 aromatic carbocycles. The Morgan fingerprint density at radius 2 is 2.24 bits per heavy atom. The molecule has 0 fully saturated rings. The molecule has 0 bridgehead atoms. The average Bonchev–Trinajstić information content (AvgIpc) is 2.28. The van der Waals surface area contributed by atoms with Crippen molar-refractivity contribution in [1.82, 2.24) is 4.98 Å². The van der Waals surface area contributed by atoms with Crippen LogP contribution in [0.4, 0.5) is 5.69 Å². The van der Waals surface area contributed by atoms with Crippen molar-refractivity contribution in [3.8, 4) is 0 Å². The highest BCUT2D eigenvalue weighted by Gasteiger charge is 2.18. The third-order valence-corrected chi connectivity index (χ3v) is 2.68. The summed E-state index contributed by atoms with van der Waals surface area (Å²) in [6.07, 6.45) is 2.52. The highest BCUT2D eigenvalue weighted by molar-refractivity contribution is 5.93. The summed E-state index contributed by atoms with van der Waals surface area (Å²) in [4.78, 5) is 16.1. The number of rotatable bonds is 5. The van der Waals surface area contributed by atoms with E-state index in [0.717, 1.165) is 17.8 Å². The second-order valence-corrected chi connectivity index (χ2v) is 4.69. The van der Waals surface area contributed by atoms with E-state index in [9.17, 15) is 4.79 Å². The molecule has 0 aliphatic carbocycles. The van der Waals surface area contributed by atoms with Gasteiger partial charge in [0, 0.05) is 12.7 Å². The van der Waals surface area contributed by atoms with Gasteiger partial charge in [-0.05, 0) is 31.4 Å². The van der Waals surface area contributed by atoms with E-state index in [1.165, 1.54) is 0 Å². The molecular weight excluding hydrogens is 214 g/mol. The van der Waals surface area contributed by atoms with Crippen LogP contribution >= 0.6 is 0 Å². The topological polar surface area (TPSA) is 68.0 Å². The lowest BCUT2D eigenvalue weighted by Crippen LogP contribution is -2.30. The fourth-order valence-electron chi connectivity index (χ4n) is 1.73. The van der Waals surface area contributed by atoms with E-state index in [1.807, 2.05) is 19.1 Å². The van der Waals surface area contributed by atoms with Crippen LogP contribution in [0.1, 0.15) is 26.0 Å². The predicted octanol–water partition coefficient (Wildman–Crippen LogP) is 1.95. The Bertz CT molecular complexity index is 377. The van der Waals surface area contributed by atoms with Crippen molar-refractivity contribution < 1.29 is 4.79 Å². The summed E-state index contributed by atoms with van der Waals surface area (Å²) in [6, 6.07) is 3.66. The van der Waals surface area contributed by atoms with Gasteiger partial charge in [-0.3, -0.25) is 9.78 Å². The zero-order valence-corrected chi connectivity index (χ0v) is 10.7. The fraction of sp³-hybridized carbons (Fsp3) is 0.538. The molecule has 1 aromatic heterocycles. The lowest BCUT2D eigenvalue weighted by molar-refractivity contribution is -0.120. The SMILES string of the molecule is Cc1ncccc1NC(=O)C(CN)CC(C)C. The standard InChI is InChI=1S/C13H21N3O/c1-9(2)7-11(8-14)13(17)16-12-5-4-6-15-10(12)3/h4-6,9,11H,7-8,14H2,1-3H3,(H,16,17). The van der Waals surface area contributed by atoms with Gasteiger partial charge < -0.3 is 11.1 Å². The number of nitrogens with zero attached hydrogens (tertiary/aromatic N) is 1. The van der Waals surface area contributed by atoms with Crippen molar-refractivity contribution in [1.29, 1.82) is 0 Å². The molecule has 0 aliphatic heterocycles. The molecular formula is C13H21N3O. The number of aryl methyl sites for hydroxylation is 1. The second-order valence-electron chi connectivity index (χ2n) is 4.69. The van der Waals surface area contributed by atoms with Gasteiger partial charge >= 0.3 is 0 Å². The van der Waals surface area contributed by atoms with Gasteiger partial charge in [0.05, 0.1) is 17.3 Å². The zero-order chi connectivity index (χ0) is 12.8. The Balaban J connectivity index is 2.67. The summed E-state index contributed by atoms with van der Waals surface area (Å²) in [6.45, 7) is 6.43. The van der Waals surface area contributed by atoms with Crippen LogP contribution in [0.5, 0.6) is 0 Å². The minimum absolute atomic E-state index is 0.0164. The number of pyridine rings is 1. The largest absolute Gasteiger partial charge is 0.330 e. The molecule has 1 unspecified atom stereocenters. The maximum absolute atomic E-state index is 12.0. The van der Waals surface area contributed by atoms with E-state index in [1.54, 1.807) is 6.20 Å². The second kappa shape index (κ2) is 6.35. The molecule has 0 saturated heterocycles. The van der Waals surface area contributed by atoms with Crippen molar-refractivity contribution >= 4 is 11.6 Å². The quantitative estimate of drug-likeness (QED) is 0.819. The van der Waals surface area contributed by atoms with Gasteiger partial charge in [0.2, 0.25) is 5.91 Å². The third kappa shape index (κ3) is 4.15. The predicted molar refractivity (Wildman–Crippen MR) is 69.6 cm³/mol. The smallest absolute Gasteiger partial charge is 0.228 e. The van der Waals surface area contributed by atoms with E-state index < -0.39 is 0 Å². The van der Waals surface area contributed by atoms with Crippen LogP contribution in [-0.4, -0.2) is 17.4 Å². The van der Waals surface area contributed by atoms with Crippen LogP contribution in [0, 0.1) is 18.8 Å². The molecule has 17 heavy (non-hydrogen) atoms. The molecule has 1 atom stereocenters. The van der Waals surface area contributed by atoms with Crippen LogP contribution in [0.15, 0.2) is 18.3 Å². The lowest BCUT2D eigenvalue weighted by Gasteiger charge is -2.17. The lowest BCUT2D eigenvalue weighted by atomic mass is 9.96. The van der Waals surface area contributed by atoms with E-state index >= 15 is 0 Å². The first-order valence-electron chi connectivity index (χ1n) is 5.97. The van der Waals surface area contributed by atoms with Crippen molar-refractivity contribution in [3.63, 3.8) is 0 Å². The summed E-state index contributed by atoms with van der Waals surface area (Å²) in [5.41, 5.74) is 7.22. The van der Waals surface area contributed by atoms with Gasteiger partial charge in [-0.1, -0.05) is 13.8 Å². The van der Waals surface area contributed by atoms with E-state index in [0.29, 0.717) is 12.5 Å². The summed E-state index contributed by atoms with van der Waals surface area (Å²) >= 11 is 0. The number of anilines is 1. The Morgan fingerprint density at radius 1 is 1.53 bits per heavy atom. The highest BCUT2D eigenvalue weighted by atomic mass is 16.1. The number of hydrogen-bond donors (Lipinski definition) is 2. The van der Waals surface area contributed by atoms with Crippen molar-refractivity contribution in [2.75, 3.05) is 11.9 Å². The zero-order valence-electron chi connectivity index (χ0n) is 10.7. The summed E-state index contributed by atoms with van der Waals surface area (Å²) < 4.78 is 0. The van der Waals surface area contributed by atoms with Crippen LogP contribution in [0.25, 0.3) is 0 Å². The summed E-state index contributed by atoms with van der Waals surface area (Å²) in [5, 5.41) is 2.89. The Morgan fingerprint density at radius 3 is 2.76 bits per heavy atom. The van der Waals surface area contributed by atoms with Crippen molar-refractivity contribution in [3.05, 3.63) is 24.0 Å². The van der Waals surface area contributed by atoms with Gasteiger partial charge in [-0.25, -0.2) is 0 Å². The number of aromatic nitrogens is 1.